The predicted octanol–water partition coefficient (Wildman–Crippen LogP) is -0.162. The van der Waals surface area contributed by atoms with Gasteiger partial charge in [0, 0.05) is 12.8 Å². The summed E-state index contributed by atoms with van der Waals surface area (Å²) in [7, 11) is 0. The van der Waals surface area contributed by atoms with Crippen LogP contribution in [0.1, 0.15) is 26.5 Å². The minimum atomic E-state index is -0.685. The van der Waals surface area contributed by atoms with Gasteiger partial charge in [0.05, 0.1) is 19.0 Å². The van der Waals surface area contributed by atoms with Gasteiger partial charge < -0.3 is 26.0 Å². The molecule has 10 nitrogen and oxygen atoms in total. The number of aliphatic hydroxyl groups is 1. The Kier molecular flexibility index (Phi) is 4.24. The zero-order chi connectivity index (χ0) is 17.4. The van der Waals surface area contributed by atoms with E-state index in [1.807, 2.05) is 6.92 Å². The van der Waals surface area contributed by atoms with Gasteiger partial charge in [0.15, 0.2) is 23.8 Å². The van der Waals surface area contributed by atoms with E-state index in [0.717, 1.165) is 0 Å². The largest absolute Gasteiger partial charge is 0.457 e. The molecule has 4 atom stereocenters. The van der Waals surface area contributed by atoms with E-state index in [4.69, 9.17) is 20.9 Å². The third-order valence-corrected chi connectivity index (χ3v) is 4.19. The van der Waals surface area contributed by atoms with Gasteiger partial charge >= 0.3 is 5.97 Å². The molecule has 0 amide bonds. The van der Waals surface area contributed by atoms with Crippen molar-refractivity contribution in [3.8, 4) is 0 Å². The number of rotatable bonds is 4. The molecule has 130 valence electrons. The molecule has 0 bridgehead atoms. The second-order valence-electron chi connectivity index (χ2n) is 5.68. The highest BCUT2D eigenvalue weighted by molar-refractivity contribution is 5.82. The number of nitrogen functional groups attached to an aromatic ring is 2. The van der Waals surface area contributed by atoms with Crippen LogP contribution in [0.4, 0.5) is 11.8 Å². The first-order valence-corrected chi connectivity index (χ1v) is 7.65. The Hall–Kier alpha value is -2.46. The number of hydrogen-bond acceptors (Lipinski definition) is 9. The molecule has 0 spiro atoms. The second kappa shape index (κ2) is 6.21. The molecule has 0 saturated carbocycles. The monoisotopic (exact) mass is 336 g/mol. The third kappa shape index (κ3) is 2.63. The highest BCUT2D eigenvalue weighted by Gasteiger charge is 2.47. The first-order chi connectivity index (χ1) is 11.5. The molecular weight excluding hydrogens is 316 g/mol. The number of anilines is 2. The number of nitrogens with zero attached hydrogens (tertiary/aromatic N) is 4. The molecule has 3 rings (SSSR count). The maximum atomic E-state index is 11.5. The first kappa shape index (κ1) is 16.4. The van der Waals surface area contributed by atoms with Crippen LogP contribution in [0.3, 0.4) is 0 Å². The fourth-order valence-corrected chi connectivity index (χ4v) is 3.16. The van der Waals surface area contributed by atoms with Crippen LogP contribution in [-0.4, -0.2) is 49.4 Å². The fraction of sp³-hybridized carbons (Fsp3) is 0.571. The van der Waals surface area contributed by atoms with E-state index in [0.29, 0.717) is 17.6 Å². The number of aromatic nitrogens is 4. The van der Waals surface area contributed by atoms with Gasteiger partial charge in [0.1, 0.15) is 5.52 Å². The number of fused-ring (bicyclic) bond motifs is 1. The van der Waals surface area contributed by atoms with Gasteiger partial charge in [0.25, 0.3) is 0 Å². The van der Waals surface area contributed by atoms with Gasteiger partial charge in [-0.2, -0.15) is 9.97 Å². The number of imidazole rings is 1. The maximum Gasteiger partial charge on any atom is 0.303 e. The van der Waals surface area contributed by atoms with Crippen LogP contribution in [0.5, 0.6) is 0 Å². The Morgan fingerprint density at radius 1 is 1.46 bits per heavy atom. The van der Waals surface area contributed by atoms with Crippen molar-refractivity contribution < 1.29 is 19.4 Å². The third-order valence-electron chi connectivity index (χ3n) is 4.19. The molecule has 1 aliphatic rings. The topological polar surface area (TPSA) is 151 Å². The molecule has 1 aliphatic heterocycles. The molecule has 10 heteroatoms. The van der Waals surface area contributed by atoms with Crippen molar-refractivity contribution in [2.24, 2.45) is 5.92 Å². The van der Waals surface area contributed by atoms with Gasteiger partial charge in [-0.1, -0.05) is 6.92 Å². The molecule has 2 aromatic heterocycles. The summed E-state index contributed by atoms with van der Waals surface area (Å²) in [4.78, 5) is 23.7. The Morgan fingerprint density at radius 2 is 2.21 bits per heavy atom. The van der Waals surface area contributed by atoms with Crippen molar-refractivity contribution >= 4 is 28.9 Å². The van der Waals surface area contributed by atoms with Crippen molar-refractivity contribution in [1.82, 2.24) is 19.5 Å². The number of nitrogens with two attached hydrogens (primary N) is 2. The van der Waals surface area contributed by atoms with E-state index in [2.05, 4.69) is 15.0 Å². The van der Waals surface area contributed by atoms with E-state index in [-0.39, 0.29) is 24.3 Å². The van der Waals surface area contributed by atoms with Gasteiger partial charge in [0.2, 0.25) is 5.95 Å². The first-order valence-electron chi connectivity index (χ1n) is 7.65. The van der Waals surface area contributed by atoms with Crippen LogP contribution in [0.15, 0.2) is 6.33 Å². The van der Waals surface area contributed by atoms with Crippen LogP contribution in [0.25, 0.3) is 11.2 Å². The Morgan fingerprint density at radius 3 is 2.83 bits per heavy atom. The van der Waals surface area contributed by atoms with Crippen LogP contribution in [-0.2, 0) is 14.3 Å². The summed E-state index contributed by atoms with van der Waals surface area (Å²) in [5.74, 6) is -0.417. The fourth-order valence-electron chi connectivity index (χ4n) is 3.16. The quantitative estimate of drug-likeness (QED) is 0.646. The minimum absolute atomic E-state index is 0.00883. The highest BCUT2D eigenvalue weighted by Crippen LogP contribution is 2.39. The van der Waals surface area contributed by atoms with Gasteiger partial charge in [-0.25, -0.2) is 4.98 Å². The Balaban J connectivity index is 2.07. The van der Waals surface area contributed by atoms with E-state index in [1.165, 1.54) is 13.3 Å². The molecule has 3 heterocycles. The number of carbonyl (C=O) groups is 1. The Labute approximate surface area is 137 Å². The highest BCUT2D eigenvalue weighted by atomic mass is 16.6. The zero-order valence-corrected chi connectivity index (χ0v) is 13.4. The summed E-state index contributed by atoms with van der Waals surface area (Å²) in [6.45, 7) is 3.10. The molecule has 0 aliphatic carbocycles. The Bertz CT molecular complexity index is 763. The predicted molar refractivity (Wildman–Crippen MR) is 84.5 cm³/mol. The van der Waals surface area contributed by atoms with Crippen molar-refractivity contribution in [2.75, 3.05) is 18.1 Å². The summed E-state index contributed by atoms with van der Waals surface area (Å²) < 4.78 is 13.0. The summed E-state index contributed by atoms with van der Waals surface area (Å²) in [6.07, 6.45) is 0.432. The molecule has 1 fully saturated rings. The number of aliphatic hydroxyl groups excluding tert-OH is 1. The van der Waals surface area contributed by atoms with Gasteiger partial charge in [-0.3, -0.25) is 9.36 Å². The number of carbonyl (C=O) groups excluding carboxylic acids is 1. The molecular formula is C14H20N6O4. The molecule has 0 radical (unpaired) electrons. The molecule has 5 N–H and O–H groups in total. The van der Waals surface area contributed by atoms with Gasteiger partial charge in [-0.15, -0.1) is 0 Å². The summed E-state index contributed by atoms with van der Waals surface area (Å²) in [5.41, 5.74) is 12.3. The van der Waals surface area contributed by atoms with Crippen molar-refractivity contribution in [3.05, 3.63) is 6.33 Å². The average Bonchev–Trinajstić information content (AvgIpc) is 3.07. The average molecular weight is 336 g/mol. The van der Waals surface area contributed by atoms with Crippen molar-refractivity contribution in [1.29, 1.82) is 0 Å². The maximum absolute atomic E-state index is 11.5. The number of ether oxygens (including phenoxy) is 2. The van der Waals surface area contributed by atoms with Crippen LogP contribution in [0, 0.1) is 5.92 Å². The van der Waals surface area contributed by atoms with Crippen LogP contribution < -0.4 is 11.5 Å². The summed E-state index contributed by atoms with van der Waals surface area (Å²) in [6, 6.07) is 0. The van der Waals surface area contributed by atoms with E-state index in [9.17, 15) is 9.90 Å². The number of esters is 1. The van der Waals surface area contributed by atoms with E-state index >= 15 is 0 Å². The van der Waals surface area contributed by atoms with Crippen LogP contribution in [0.2, 0.25) is 0 Å². The lowest BCUT2D eigenvalue weighted by molar-refractivity contribution is -0.153. The SMILES string of the molecule is CC[C@H]1[C@@H](OC(C)=O)[C@H](n2cnc3c(N)nc(N)nc32)O[C@@H]1CO. The molecule has 2 aromatic rings. The van der Waals surface area contributed by atoms with Crippen molar-refractivity contribution in [2.45, 2.75) is 38.7 Å². The lowest BCUT2D eigenvalue weighted by Crippen LogP contribution is -2.31. The molecule has 0 unspecified atom stereocenters. The van der Waals surface area contributed by atoms with E-state index in [1.54, 1.807) is 4.57 Å². The molecule has 0 aromatic carbocycles. The van der Waals surface area contributed by atoms with Gasteiger partial charge in [-0.05, 0) is 6.42 Å². The normalized spacial score (nSPS) is 26.8. The van der Waals surface area contributed by atoms with E-state index < -0.39 is 24.4 Å². The number of hydrogen-bond donors (Lipinski definition) is 3. The minimum Gasteiger partial charge on any atom is -0.457 e. The standard InChI is InChI=1S/C14H20N6O4/c1-3-7-8(4-21)24-13(10(7)23-6(2)22)20-5-17-9-11(15)18-14(16)19-12(9)20/h5,7-8,10,13,21H,3-4H2,1-2H3,(H4,15,16,18,19)/t7-,8-,10-,13-/m1/s1. The zero-order valence-electron chi connectivity index (χ0n) is 13.4. The van der Waals surface area contributed by atoms with Crippen LogP contribution >= 0.6 is 0 Å². The lowest BCUT2D eigenvalue weighted by atomic mass is 9.95. The lowest BCUT2D eigenvalue weighted by Gasteiger charge is -2.23. The van der Waals surface area contributed by atoms with Crippen molar-refractivity contribution in [3.63, 3.8) is 0 Å². The smallest absolute Gasteiger partial charge is 0.303 e. The summed E-state index contributed by atoms with van der Waals surface area (Å²) in [5, 5.41) is 9.58. The molecule has 24 heavy (non-hydrogen) atoms. The second-order valence-corrected chi connectivity index (χ2v) is 5.68. The summed E-state index contributed by atoms with van der Waals surface area (Å²) >= 11 is 0. The molecule has 1 saturated heterocycles.